The second-order valence-corrected chi connectivity index (χ2v) is 3.47. The Morgan fingerprint density at radius 3 is 2.56 bits per heavy atom. The molecule has 0 spiro atoms. The first-order chi connectivity index (χ1) is 6.95. The lowest BCUT2D eigenvalue weighted by atomic mass is 10.3. The van der Waals surface area contributed by atoms with Crippen LogP contribution in [0.5, 0.6) is 0 Å². The molecule has 0 radical (unpaired) electrons. The Labute approximate surface area is 107 Å². The Bertz CT molecular complexity index is 454. The molecule has 86 valence electrons. The Hall–Kier alpha value is -1.03. The highest BCUT2D eigenvalue weighted by Crippen LogP contribution is 2.18. The summed E-state index contributed by atoms with van der Waals surface area (Å²) in [5.41, 5.74) is 3.74. The lowest BCUT2D eigenvalue weighted by molar-refractivity contribution is 0.711. The molecule has 1 aliphatic rings. The second kappa shape index (κ2) is 5.34. The fourth-order valence-electron chi connectivity index (χ4n) is 1.85. The standard InChI is InChI=1S/C11H11N3.2ClH/c1-2-4-10(5-3-1)14-11-8-12-6-9(11)7-13-14;;/h1-5,7,12H,6,8H2;2*1H. The van der Waals surface area contributed by atoms with E-state index in [1.807, 2.05) is 29.1 Å². The average Bonchev–Trinajstić information content (AvgIpc) is 2.79. The smallest absolute Gasteiger partial charge is 0.0649 e. The van der Waals surface area contributed by atoms with Crippen molar-refractivity contribution in [1.29, 1.82) is 0 Å². The van der Waals surface area contributed by atoms with Gasteiger partial charge in [0.05, 0.1) is 17.6 Å². The molecule has 1 aliphatic heterocycles. The van der Waals surface area contributed by atoms with Crippen LogP contribution < -0.4 is 5.32 Å². The van der Waals surface area contributed by atoms with Gasteiger partial charge in [-0.05, 0) is 12.1 Å². The highest BCUT2D eigenvalue weighted by molar-refractivity contribution is 5.85. The molecule has 0 unspecified atom stereocenters. The number of benzene rings is 1. The molecule has 0 bridgehead atoms. The summed E-state index contributed by atoms with van der Waals surface area (Å²) in [5, 5.41) is 7.70. The Morgan fingerprint density at radius 2 is 1.81 bits per heavy atom. The van der Waals surface area contributed by atoms with Crippen LogP contribution in [0.25, 0.3) is 5.69 Å². The van der Waals surface area contributed by atoms with E-state index >= 15 is 0 Å². The van der Waals surface area contributed by atoms with Gasteiger partial charge in [0, 0.05) is 18.7 Å². The zero-order valence-corrected chi connectivity index (χ0v) is 10.2. The predicted molar refractivity (Wildman–Crippen MR) is 68.6 cm³/mol. The number of nitrogens with zero attached hydrogens (tertiary/aromatic N) is 2. The summed E-state index contributed by atoms with van der Waals surface area (Å²) >= 11 is 0. The van der Waals surface area contributed by atoms with Gasteiger partial charge in [-0.15, -0.1) is 24.8 Å². The molecule has 0 amide bonds. The molecule has 0 saturated carbocycles. The van der Waals surface area contributed by atoms with Crippen molar-refractivity contribution >= 4 is 24.8 Å². The summed E-state index contributed by atoms with van der Waals surface area (Å²) in [4.78, 5) is 0. The molecule has 0 aliphatic carbocycles. The zero-order chi connectivity index (χ0) is 9.38. The van der Waals surface area contributed by atoms with Crippen LogP contribution in [0.2, 0.25) is 0 Å². The van der Waals surface area contributed by atoms with Crippen molar-refractivity contribution in [3.8, 4) is 5.69 Å². The Morgan fingerprint density at radius 1 is 1.06 bits per heavy atom. The van der Waals surface area contributed by atoms with Crippen molar-refractivity contribution < 1.29 is 0 Å². The SMILES string of the molecule is Cl.Cl.c1ccc(-n2ncc3c2CNC3)cc1. The first-order valence-electron chi connectivity index (χ1n) is 4.77. The number of para-hydroxylation sites is 1. The first-order valence-corrected chi connectivity index (χ1v) is 4.77. The van der Waals surface area contributed by atoms with Gasteiger partial charge in [0.25, 0.3) is 0 Å². The van der Waals surface area contributed by atoms with E-state index in [1.54, 1.807) is 0 Å². The molecule has 2 aromatic rings. The fraction of sp³-hybridized carbons (Fsp3) is 0.182. The predicted octanol–water partition coefficient (Wildman–Crippen LogP) is 2.32. The lowest BCUT2D eigenvalue weighted by Crippen LogP contribution is -2.06. The van der Waals surface area contributed by atoms with Gasteiger partial charge < -0.3 is 5.32 Å². The van der Waals surface area contributed by atoms with E-state index in [0.29, 0.717) is 0 Å². The maximum atomic E-state index is 4.38. The second-order valence-electron chi connectivity index (χ2n) is 3.47. The maximum absolute atomic E-state index is 4.38. The van der Waals surface area contributed by atoms with Crippen molar-refractivity contribution in [3.05, 3.63) is 47.8 Å². The first kappa shape index (κ1) is 13.0. The summed E-state index contributed by atoms with van der Waals surface area (Å²) in [6.07, 6.45) is 1.95. The largest absolute Gasteiger partial charge is 0.307 e. The van der Waals surface area contributed by atoms with Crippen LogP contribution in [-0.4, -0.2) is 9.78 Å². The molecule has 2 heterocycles. The minimum atomic E-state index is 0. The molecule has 0 atom stereocenters. The molecule has 1 aromatic carbocycles. The van der Waals surface area contributed by atoms with E-state index in [0.717, 1.165) is 18.8 Å². The van der Waals surface area contributed by atoms with Crippen LogP contribution in [0.1, 0.15) is 11.3 Å². The summed E-state index contributed by atoms with van der Waals surface area (Å²) in [6.45, 7) is 1.87. The maximum Gasteiger partial charge on any atom is 0.0649 e. The lowest BCUT2D eigenvalue weighted by Gasteiger charge is -2.04. The number of hydrogen-bond acceptors (Lipinski definition) is 2. The van der Waals surface area contributed by atoms with E-state index in [1.165, 1.54) is 11.3 Å². The third-order valence-electron chi connectivity index (χ3n) is 2.56. The molecular weight excluding hydrogens is 245 g/mol. The Kier molecular flexibility index (Phi) is 4.35. The monoisotopic (exact) mass is 257 g/mol. The van der Waals surface area contributed by atoms with Gasteiger partial charge in [-0.1, -0.05) is 18.2 Å². The van der Waals surface area contributed by atoms with Crippen LogP contribution in [0.3, 0.4) is 0 Å². The summed E-state index contributed by atoms with van der Waals surface area (Å²) in [6, 6.07) is 10.2. The van der Waals surface area contributed by atoms with Gasteiger partial charge in [0.2, 0.25) is 0 Å². The van der Waals surface area contributed by atoms with E-state index < -0.39 is 0 Å². The van der Waals surface area contributed by atoms with Crippen LogP contribution in [0, 0.1) is 0 Å². The normalized spacial score (nSPS) is 12.5. The highest BCUT2D eigenvalue weighted by Gasteiger charge is 2.16. The molecule has 1 aromatic heterocycles. The topological polar surface area (TPSA) is 29.9 Å². The minimum absolute atomic E-state index is 0. The van der Waals surface area contributed by atoms with E-state index in [9.17, 15) is 0 Å². The molecule has 16 heavy (non-hydrogen) atoms. The van der Waals surface area contributed by atoms with Gasteiger partial charge in [-0.25, -0.2) is 4.68 Å². The third kappa shape index (κ3) is 2.07. The van der Waals surface area contributed by atoms with Crippen molar-refractivity contribution in [2.45, 2.75) is 13.1 Å². The van der Waals surface area contributed by atoms with Gasteiger partial charge in [-0.3, -0.25) is 0 Å². The highest BCUT2D eigenvalue weighted by atomic mass is 35.5. The molecule has 3 nitrogen and oxygen atoms in total. The summed E-state index contributed by atoms with van der Waals surface area (Å²) < 4.78 is 2.01. The Balaban J connectivity index is 0.000000640. The summed E-state index contributed by atoms with van der Waals surface area (Å²) in [7, 11) is 0. The zero-order valence-electron chi connectivity index (χ0n) is 8.59. The van der Waals surface area contributed by atoms with Crippen LogP contribution in [0.15, 0.2) is 36.5 Å². The minimum Gasteiger partial charge on any atom is -0.307 e. The number of aromatic nitrogens is 2. The average molecular weight is 258 g/mol. The van der Waals surface area contributed by atoms with Gasteiger partial charge in [0.15, 0.2) is 0 Å². The number of hydrogen-bond donors (Lipinski definition) is 1. The van der Waals surface area contributed by atoms with Gasteiger partial charge in [0.1, 0.15) is 0 Å². The molecule has 1 N–H and O–H groups in total. The van der Waals surface area contributed by atoms with Crippen molar-refractivity contribution in [1.82, 2.24) is 15.1 Å². The number of fused-ring (bicyclic) bond motifs is 1. The molecular formula is C11H13Cl2N3. The molecule has 0 saturated heterocycles. The number of rotatable bonds is 1. The quantitative estimate of drug-likeness (QED) is 0.850. The van der Waals surface area contributed by atoms with Gasteiger partial charge in [-0.2, -0.15) is 5.10 Å². The van der Waals surface area contributed by atoms with E-state index in [4.69, 9.17) is 0 Å². The van der Waals surface area contributed by atoms with E-state index in [-0.39, 0.29) is 24.8 Å². The van der Waals surface area contributed by atoms with Crippen LogP contribution >= 0.6 is 24.8 Å². The van der Waals surface area contributed by atoms with Crippen molar-refractivity contribution in [2.24, 2.45) is 0 Å². The number of halogens is 2. The molecule has 0 fully saturated rings. The summed E-state index contributed by atoms with van der Waals surface area (Å²) in [5.74, 6) is 0. The van der Waals surface area contributed by atoms with Crippen LogP contribution in [-0.2, 0) is 13.1 Å². The number of nitrogens with one attached hydrogen (secondary N) is 1. The molecule has 5 heteroatoms. The fourth-order valence-corrected chi connectivity index (χ4v) is 1.85. The van der Waals surface area contributed by atoms with Crippen LogP contribution in [0.4, 0.5) is 0 Å². The van der Waals surface area contributed by atoms with E-state index in [2.05, 4.69) is 22.5 Å². The van der Waals surface area contributed by atoms with Gasteiger partial charge >= 0.3 is 0 Å². The molecule has 3 rings (SSSR count). The van der Waals surface area contributed by atoms with Crippen molar-refractivity contribution in [2.75, 3.05) is 0 Å². The third-order valence-corrected chi connectivity index (χ3v) is 2.56. The van der Waals surface area contributed by atoms with Crippen molar-refractivity contribution in [3.63, 3.8) is 0 Å².